The first-order valence-corrected chi connectivity index (χ1v) is 8.17. The van der Waals surface area contributed by atoms with Crippen LogP contribution in [0.4, 0.5) is 0 Å². The van der Waals surface area contributed by atoms with Crippen molar-refractivity contribution in [1.29, 1.82) is 0 Å². The van der Waals surface area contributed by atoms with Gasteiger partial charge in [0.15, 0.2) is 5.78 Å². The molecule has 0 bridgehead atoms. The quantitative estimate of drug-likeness (QED) is 0.624. The Labute approximate surface area is 146 Å². The molecule has 0 saturated heterocycles. The van der Waals surface area contributed by atoms with Crippen LogP contribution in [0.1, 0.15) is 32.9 Å². The van der Waals surface area contributed by atoms with Gasteiger partial charge in [-0.25, -0.2) is 0 Å². The SMILES string of the molecule is O=C(CCC(=O)c1ccc(Cl)s1)NNC(=O)c1ccccc1Cl. The number of halogens is 2. The zero-order valence-electron chi connectivity index (χ0n) is 11.8. The standard InChI is InChI=1S/C15H12Cl2N2O3S/c16-10-4-2-1-3-9(10)15(22)19-18-14(21)8-5-11(20)12-6-7-13(17)23-12/h1-4,6-7H,5,8H2,(H,18,21)(H,19,22). The fraction of sp³-hybridized carbons (Fsp3) is 0.133. The average molecular weight is 371 g/mol. The summed E-state index contributed by atoms with van der Waals surface area (Å²) in [4.78, 5) is 35.8. The molecule has 2 rings (SSSR count). The monoisotopic (exact) mass is 370 g/mol. The second-order valence-corrected chi connectivity index (χ2v) is 6.63. The average Bonchev–Trinajstić information content (AvgIpc) is 2.97. The molecule has 2 amide bonds. The van der Waals surface area contributed by atoms with Gasteiger partial charge in [0, 0.05) is 12.8 Å². The van der Waals surface area contributed by atoms with Crippen molar-refractivity contribution in [2.75, 3.05) is 0 Å². The van der Waals surface area contributed by atoms with Crippen LogP contribution in [-0.4, -0.2) is 17.6 Å². The molecule has 0 spiro atoms. The highest BCUT2D eigenvalue weighted by Crippen LogP contribution is 2.22. The predicted octanol–water partition coefficient (Wildman–Crippen LogP) is 3.48. The molecule has 0 saturated carbocycles. The first-order chi connectivity index (χ1) is 11.0. The van der Waals surface area contributed by atoms with E-state index >= 15 is 0 Å². The summed E-state index contributed by atoms with van der Waals surface area (Å²) in [5.41, 5.74) is 4.75. The van der Waals surface area contributed by atoms with E-state index in [1.807, 2.05) is 0 Å². The van der Waals surface area contributed by atoms with Gasteiger partial charge >= 0.3 is 0 Å². The van der Waals surface area contributed by atoms with Gasteiger partial charge in [-0.05, 0) is 24.3 Å². The van der Waals surface area contributed by atoms with Gasteiger partial charge in [-0.3, -0.25) is 25.2 Å². The molecular formula is C15H12Cl2N2O3S. The zero-order chi connectivity index (χ0) is 16.8. The van der Waals surface area contributed by atoms with E-state index in [1.165, 1.54) is 6.07 Å². The summed E-state index contributed by atoms with van der Waals surface area (Å²) in [5, 5.41) is 0.281. The Hall–Kier alpha value is -1.89. The molecule has 0 aliphatic carbocycles. The lowest BCUT2D eigenvalue weighted by Crippen LogP contribution is -2.41. The Balaban J connectivity index is 1.78. The molecule has 23 heavy (non-hydrogen) atoms. The first kappa shape index (κ1) is 17.5. The number of carbonyl (C=O) groups excluding carboxylic acids is 3. The fourth-order valence-electron chi connectivity index (χ4n) is 1.72. The number of hydrogen-bond donors (Lipinski definition) is 2. The van der Waals surface area contributed by atoms with Crippen LogP contribution in [0.25, 0.3) is 0 Å². The van der Waals surface area contributed by atoms with Gasteiger partial charge < -0.3 is 0 Å². The summed E-state index contributed by atoms with van der Waals surface area (Å²) in [6, 6.07) is 9.71. The van der Waals surface area contributed by atoms with E-state index in [1.54, 1.807) is 30.3 Å². The molecule has 120 valence electrons. The molecule has 1 heterocycles. The Kier molecular flexibility index (Phi) is 6.15. The Morgan fingerprint density at radius 3 is 2.35 bits per heavy atom. The summed E-state index contributed by atoms with van der Waals surface area (Å²) >= 11 is 12.8. The highest BCUT2D eigenvalue weighted by molar-refractivity contribution is 7.18. The number of thiophene rings is 1. The first-order valence-electron chi connectivity index (χ1n) is 6.59. The lowest BCUT2D eigenvalue weighted by molar-refractivity contribution is -0.121. The van der Waals surface area contributed by atoms with E-state index in [-0.39, 0.29) is 29.2 Å². The van der Waals surface area contributed by atoms with Gasteiger partial charge in [-0.15, -0.1) is 11.3 Å². The summed E-state index contributed by atoms with van der Waals surface area (Å²) in [6.45, 7) is 0. The van der Waals surface area contributed by atoms with Crippen LogP contribution in [-0.2, 0) is 4.79 Å². The Morgan fingerprint density at radius 2 is 1.70 bits per heavy atom. The third-order valence-electron chi connectivity index (χ3n) is 2.86. The lowest BCUT2D eigenvalue weighted by Gasteiger charge is -2.08. The fourth-order valence-corrected chi connectivity index (χ4v) is 2.95. The van der Waals surface area contributed by atoms with Gasteiger partial charge in [-0.1, -0.05) is 35.3 Å². The topological polar surface area (TPSA) is 75.3 Å². The molecule has 2 aromatic rings. The van der Waals surface area contributed by atoms with Gasteiger partial charge in [0.2, 0.25) is 5.91 Å². The molecule has 0 aliphatic rings. The van der Waals surface area contributed by atoms with Gasteiger partial charge in [-0.2, -0.15) is 0 Å². The number of Topliss-reactive ketones (excluding diaryl/α,β-unsaturated/α-hetero) is 1. The zero-order valence-corrected chi connectivity index (χ0v) is 14.1. The number of amides is 2. The number of nitrogens with one attached hydrogen (secondary N) is 2. The minimum atomic E-state index is -0.527. The normalized spacial score (nSPS) is 10.2. The van der Waals surface area contributed by atoms with Crippen LogP contribution in [0.2, 0.25) is 9.36 Å². The van der Waals surface area contributed by atoms with Crippen LogP contribution in [0.15, 0.2) is 36.4 Å². The minimum Gasteiger partial charge on any atom is -0.293 e. The molecule has 5 nitrogen and oxygen atoms in total. The molecule has 8 heteroatoms. The molecule has 0 radical (unpaired) electrons. The molecule has 0 aliphatic heterocycles. The Morgan fingerprint density at radius 1 is 0.957 bits per heavy atom. The smallest absolute Gasteiger partial charge is 0.271 e. The van der Waals surface area contributed by atoms with Crippen molar-refractivity contribution in [2.24, 2.45) is 0 Å². The van der Waals surface area contributed by atoms with E-state index in [4.69, 9.17) is 23.2 Å². The van der Waals surface area contributed by atoms with E-state index in [2.05, 4.69) is 10.9 Å². The summed E-state index contributed by atoms with van der Waals surface area (Å²) < 4.78 is 0.518. The highest BCUT2D eigenvalue weighted by atomic mass is 35.5. The molecule has 0 atom stereocenters. The van der Waals surface area contributed by atoms with Gasteiger partial charge in [0.25, 0.3) is 5.91 Å². The van der Waals surface area contributed by atoms with E-state index < -0.39 is 11.8 Å². The van der Waals surface area contributed by atoms with Crippen LogP contribution >= 0.6 is 34.5 Å². The van der Waals surface area contributed by atoms with Crippen molar-refractivity contribution in [3.05, 3.63) is 56.2 Å². The lowest BCUT2D eigenvalue weighted by atomic mass is 10.2. The number of hydrazine groups is 1. The second kappa shape index (κ2) is 8.10. The maximum absolute atomic E-state index is 11.8. The third kappa shape index (κ3) is 5.06. The van der Waals surface area contributed by atoms with Crippen molar-refractivity contribution in [3.8, 4) is 0 Å². The molecule has 1 aromatic heterocycles. The number of carbonyl (C=O) groups is 3. The largest absolute Gasteiger partial charge is 0.293 e. The van der Waals surface area contributed by atoms with Crippen LogP contribution in [0.5, 0.6) is 0 Å². The van der Waals surface area contributed by atoms with Crippen LogP contribution in [0.3, 0.4) is 0 Å². The second-order valence-electron chi connectivity index (χ2n) is 4.51. The minimum absolute atomic E-state index is 0.0324. The van der Waals surface area contributed by atoms with Crippen molar-refractivity contribution in [2.45, 2.75) is 12.8 Å². The summed E-state index contributed by atoms with van der Waals surface area (Å²) in [6.07, 6.45) is -0.0121. The van der Waals surface area contributed by atoms with Crippen molar-refractivity contribution >= 4 is 52.1 Å². The van der Waals surface area contributed by atoms with E-state index in [0.717, 1.165) is 11.3 Å². The maximum Gasteiger partial charge on any atom is 0.271 e. The van der Waals surface area contributed by atoms with E-state index in [0.29, 0.717) is 9.21 Å². The maximum atomic E-state index is 11.8. The summed E-state index contributed by atoms with van der Waals surface area (Å²) in [7, 11) is 0. The molecule has 0 fully saturated rings. The number of rotatable bonds is 5. The van der Waals surface area contributed by atoms with Gasteiger partial charge in [0.1, 0.15) is 0 Å². The predicted molar refractivity (Wildman–Crippen MR) is 90.0 cm³/mol. The third-order valence-corrected chi connectivity index (χ3v) is 4.46. The number of hydrogen-bond acceptors (Lipinski definition) is 4. The molecular weight excluding hydrogens is 359 g/mol. The van der Waals surface area contributed by atoms with Crippen molar-refractivity contribution in [3.63, 3.8) is 0 Å². The number of ketones is 1. The molecule has 1 aromatic carbocycles. The van der Waals surface area contributed by atoms with Crippen molar-refractivity contribution in [1.82, 2.24) is 10.9 Å². The van der Waals surface area contributed by atoms with Gasteiger partial charge in [0.05, 0.1) is 19.8 Å². The summed E-state index contributed by atoms with van der Waals surface area (Å²) in [5.74, 6) is -1.17. The number of benzene rings is 1. The van der Waals surface area contributed by atoms with Crippen molar-refractivity contribution < 1.29 is 14.4 Å². The van der Waals surface area contributed by atoms with Crippen LogP contribution < -0.4 is 10.9 Å². The van der Waals surface area contributed by atoms with E-state index in [9.17, 15) is 14.4 Å². The highest BCUT2D eigenvalue weighted by Gasteiger charge is 2.13. The van der Waals surface area contributed by atoms with Crippen LogP contribution in [0, 0.1) is 0 Å². The molecule has 0 unspecified atom stereocenters. The Bertz CT molecular complexity index is 746. The molecule has 2 N–H and O–H groups in total.